The van der Waals surface area contributed by atoms with E-state index in [2.05, 4.69) is 18.9 Å². The number of unbranched alkanes of at least 4 members (excludes halogenated alkanes) is 2. The van der Waals surface area contributed by atoms with Crippen molar-refractivity contribution in [2.24, 2.45) is 5.73 Å². The van der Waals surface area contributed by atoms with Crippen molar-refractivity contribution in [3.05, 3.63) is 29.8 Å². The molecule has 0 bridgehead atoms. The van der Waals surface area contributed by atoms with Gasteiger partial charge in [0.05, 0.1) is 6.61 Å². The average Bonchev–Trinajstić information content (AvgIpc) is 2.44. The number of hydrogen-bond acceptors (Lipinski definition) is 3. The maximum Gasteiger partial charge on any atom is 0.119 e. The fourth-order valence-corrected chi connectivity index (χ4v) is 2.13. The maximum absolute atomic E-state index is 5.73. The van der Waals surface area contributed by atoms with Gasteiger partial charge in [0, 0.05) is 12.1 Å². The van der Waals surface area contributed by atoms with Crippen LogP contribution in [0, 0.1) is 0 Å². The van der Waals surface area contributed by atoms with E-state index in [0.29, 0.717) is 4.99 Å². The molecule has 1 rings (SSSR count). The lowest BCUT2D eigenvalue weighted by Gasteiger charge is -2.16. The molecular formula is C16H26N2OS. The number of rotatable bonds is 10. The third-order valence-electron chi connectivity index (χ3n) is 3.21. The predicted molar refractivity (Wildman–Crippen MR) is 89.5 cm³/mol. The molecule has 0 amide bonds. The molecule has 0 aromatic heterocycles. The van der Waals surface area contributed by atoms with Crippen molar-refractivity contribution in [2.75, 3.05) is 26.7 Å². The van der Waals surface area contributed by atoms with Gasteiger partial charge in [-0.15, -0.1) is 0 Å². The van der Waals surface area contributed by atoms with Gasteiger partial charge in [0.1, 0.15) is 10.7 Å². The summed E-state index contributed by atoms with van der Waals surface area (Å²) in [5.41, 5.74) is 6.46. The van der Waals surface area contributed by atoms with Crippen molar-refractivity contribution in [3.8, 4) is 5.75 Å². The highest BCUT2D eigenvalue weighted by molar-refractivity contribution is 7.80. The Morgan fingerprint density at radius 2 is 2.00 bits per heavy atom. The highest BCUT2D eigenvalue weighted by atomic mass is 32.1. The molecule has 0 radical (unpaired) electrons. The summed E-state index contributed by atoms with van der Waals surface area (Å²) in [6, 6.07) is 7.65. The first kappa shape index (κ1) is 16.9. The van der Waals surface area contributed by atoms with Crippen LogP contribution in [-0.2, 0) is 0 Å². The summed E-state index contributed by atoms with van der Waals surface area (Å²) < 4.78 is 5.73. The maximum atomic E-state index is 5.73. The Bertz CT molecular complexity index is 409. The van der Waals surface area contributed by atoms with E-state index in [4.69, 9.17) is 22.7 Å². The molecule has 0 fully saturated rings. The molecule has 0 atom stereocenters. The van der Waals surface area contributed by atoms with Crippen molar-refractivity contribution in [1.29, 1.82) is 0 Å². The number of nitrogens with two attached hydrogens (primary N) is 1. The van der Waals surface area contributed by atoms with Gasteiger partial charge in [-0.1, -0.05) is 44.1 Å². The number of nitrogens with zero attached hydrogens (tertiary/aromatic N) is 1. The molecule has 0 aliphatic rings. The van der Waals surface area contributed by atoms with E-state index in [1.165, 1.54) is 25.8 Å². The van der Waals surface area contributed by atoms with E-state index < -0.39 is 0 Å². The van der Waals surface area contributed by atoms with Gasteiger partial charge in [-0.05, 0) is 38.6 Å². The molecule has 0 aliphatic heterocycles. The van der Waals surface area contributed by atoms with E-state index in [0.717, 1.165) is 30.9 Å². The monoisotopic (exact) mass is 294 g/mol. The third kappa shape index (κ3) is 6.87. The Morgan fingerprint density at radius 3 is 2.70 bits per heavy atom. The fourth-order valence-electron chi connectivity index (χ4n) is 2.01. The molecule has 0 saturated carbocycles. The van der Waals surface area contributed by atoms with Crippen LogP contribution >= 0.6 is 12.2 Å². The quantitative estimate of drug-likeness (QED) is 0.531. The minimum atomic E-state index is 0.408. The second-order valence-corrected chi connectivity index (χ2v) is 5.54. The summed E-state index contributed by atoms with van der Waals surface area (Å²) in [5, 5.41) is 0. The van der Waals surface area contributed by atoms with Crippen molar-refractivity contribution in [3.63, 3.8) is 0 Å². The van der Waals surface area contributed by atoms with Crippen molar-refractivity contribution in [2.45, 2.75) is 32.6 Å². The number of thiocarbonyl (C=S) groups is 1. The predicted octanol–water partition coefficient (Wildman–Crippen LogP) is 3.21. The molecule has 0 saturated heterocycles. The molecule has 0 heterocycles. The van der Waals surface area contributed by atoms with Crippen LogP contribution in [0.2, 0.25) is 0 Å². The number of benzene rings is 1. The summed E-state index contributed by atoms with van der Waals surface area (Å²) >= 11 is 4.96. The van der Waals surface area contributed by atoms with Crippen LogP contribution in [0.3, 0.4) is 0 Å². The topological polar surface area (TPSA) is 38.5 Å². The lowest BCUT2D eigenvalue weighted by Crippen LogP contribution is -2.22. The zero-order chi connectivity index (χ0) is 14.8. The Labute approximate surface area is 128 Å². The third-order valence-corrected chi connectivity index (χ3v) is 3.45. The minimum Gasteiger partial charge on any atom is -0.494 e. The Balaban J connectivity index is 2.20. The fraction of sp³-hybridized carbons (Fsp3) is 0.562. The van der Waals surface area contributed by atoms with Gasteiger partial charge in [-0.3, -0.25) is 0 Å². The lowest BCUT2D eigenvalue weighted by atomic mass is 10.2. The average molecular weight is 294 g/mol. The molecule has 2 N–H and O–H groups in total. The van der Waals surface area contributed by atoms with Crippen LogP contribution in [0.25, 0.3) is 0 Å². The van der Waals surface area contributed by atoms with E-state index in [-0.39, 0.29) is 0 Å². The van der Waals surface area contributed by atoms with Crippen LogP contribution in [0.15, 0.2) is 24.3 Å². The van der Waals surface area contributed by atoms with Gasteiger partial charge in [0.15, 0.2) is 0 Å². The smallest absolute Gasteiger partial charge is 0.119 e. The van der Waals surface area contributed by atoms with Gasteiger partial charge >= 0.3 is 0 Å². The Morgan fingerprint density at radius 1 is 1.25 bits per heavy atom. The summed E-state index contributed by atoms with van der Waals surface area (Å²) in [5.74, 6) is 0.837. The summed E-state index contributed by atoms with van der Waals surface area (Å²) in [6.45, 7) is 5.19. The van der Waals surface area contributed by atoms with Crippen LogP contribution in [0.4, 0.5) is 0 Å². The highest BCUT2D eigenvalue weighted by Crippen LogP contribution is 2.13. The Hall–Kier alpha value is -1.13. The number of ether oxygens (including phenoxy) is 1. The molecule has 112 valence electrons. The van der Waals surface area contributed by atoms with E-state index in [1.807, 2.05) is 24.3 Å². The Kier molecular flexibility index (Phi) is 8.23. The van der Waals surface area contributed by atoms with Gasteiger partial charge in [0.2, 0.25) is 0 Å². The summed E-state index contributed by atoms with van der Waals surface area (Å²) in [6.07, 6.45) is 4.90. The molecule has 4 heteroatoms. The molecular weight excluding hydrogens is 268 g/mol. The molecule has 3 nitrogen and oxygen atoms in total. The molecule has 20 heavy (non-hydrogen) atoms. The zero-order valence-corrected chi connectivity index (χ0v) is 13.4. The van der Waals surface area contributed by atoms with E-state index in [1.54, 1.807) is 0 Å². The SMILES string of the molecule is CCCCCN(C)CCCOc1cccc(C(N)=S)c1. The first-order valence-electron chi connectivity index (χ1n) is 7.34. The normalized spacial score (nSPS) is 10.8. The highest BCUT2D eigenvalue weighted by Gasteiger charge is 2.01. The van der Waals surface area contributed by atoms with Crippen LogP contribution in [-0.4, -0.2) is 36.6 Å². The van der Waals surface area contributed by atoms with Crippen LogP contribution in [0.5, 0.6) is 5.75 Å². The first-order chi connectivity index (χ1) is 9.63. The largest absolute Gasteiger partial charge is 0.494 e. The molecule has 0 spiro atoms. The summed E-state index contributed by atoms with van der Waals surface area (Å²) in [4.78, 5) is 2.77. The summed E-state index contributed by atoms with van der Waals surface area (Å²) in [7, 11) is 2.17. The van der Waals surface area contributed by atoms with Gasteiger partial charge in [-0.2, -0.15) is 0 Å². The number of hydrogen-bond donors (Lipinski definition) is 1. The molecule has 1 aromatic carbocycles. The van der Waals surface area contributed by atoms with Gasteiger partial charge in [-0.25, -0.2) is 0 Å². The van der Waals surface area contributed by atoms with E-state index in [9.17, 15) is 0 Å². The van der Waals surface area contributed by atoms with Crippen LogP contribution in [0.1, 0.15) is 38.2 Å². The first-order valence-corrected chi connectivity index (χ1v) is 7.75. The van der Waals surface area contributed by atoms with Gasteiger partial charge < -0.3 is 15.4 Å². The van der Waals surface area contributed by atoms with E-state index >= 15 is 0 Å². The standard InChI is InChI=1S/C16H26N2OS/c1-3-4-5-10-18(2)11-7-12-19-15-9-6-8-14(13-15)16(17)20/h6,8-9,13H,3-5,7,10-12H2,1-2H3,(H2,17,20). The second-order valence-electron chi connectivity index (χ2n) is 5.10. The van der Waals surface area contributed by atoms with Gasteiger partial charge in [0.25, 0.3) is 0 Å². The zero-order valence-electron chi connectivity index (χ0n) is 12.6. The molecule has 1 aromatic rings. The van der Waals surface area contributed by atoms with Crippen molar-refractivity contribution < 1.29 is 4.74 Å². The minimum absolute atomic E-state index is 0.408. The van der Waals surface area contributed by atoms with Crippen molar-refractivity contribution in [1.82, 2.24) is 4.90 Å². The van der Waals surface area contributed by atoms with Crippen molar-refractivity contribution >= 4 is 17.2 Å². The molecule has 0 aliphatic carbocycles. The lowest BCUT2D eigenvalue weighted by molar-refractivity contribution is 0.260. The second kappa shape index (κ2) is 9.72. The van der Waals surface area contributed by atoms with Crippen LogP contribution < -0.4 is 10.5 Å². The molecule has 0 unspecified atom stereocenters.